The third kappa shape index (κ3) is 4.62. The number of piperidine rings is 1. The molecule has 0 spiro atoms. The molecule has 1 saturated heterocycles. The molecule has 1 aliphatic rings. The second-order valence-corrected chi connectivity index (χ2v) is 9.31. The highest BCUT2D eigenvalue weighted by Gasteiger charge is 2.20. The Morgan fingerprint density at radius 3 is 2.12 bits per heavy atom. The number of likely N-dealkylation sites (tertiary alicyclic amines) is 1. The minimum atomic E-state index is 0.725. The number of rotatable bonds is 4. The molecule has 0 saturated carbocycles. The quantitative estimate of drug-likeness (QED) is 0.232. The van der Waals surface area contributed by atoms with Crippen LogP contribution in [0.5, 0.6) is 0 Å². The Morgan fingerprint density at radius 2 is 1.44 bits per heavy atom. The van der Waals surface area contributed by atoms with E-state index < -0.39 is 0 Å². The minimum Gasteiger partial charge on any atom is -0.356 e. The van der Waals surface area contributed by atoms with Crippen molar-refractivity contribution in [3.05, 3.63) is 95.5 Å². The maximum Gasteiger partial charge on any atom is 0.146 e. The molecule has 32 heavy (non-hydrogen) atoms. The summed E-state index contributed by atoms with van der Waals surface area (Å²) in [6.07, 6.45) is 3.70. The van der Waals surface area contributed by atoms with Crippen LogP contribution in [0.4, 0.5) is 5.00 Å². The van der Waals surface area contributed by atoms with Gasteiger partial charge in [-0.15, -0.1) is 0 Å². The van der Waals surface area contributed by atoms with Gasteiger partial charge in [-0.1, -0.05) is 95.7 Å². The van der Waals surface area contributed by atoms with E-state index in [1.54, 1.807) is 11.3 Å². The molecule has 5 heteroatoms. The van der Waals surface area contributed by atoms with E-state index in [0.29, 0.717) is 0 Å². The van der Waals surface area contributed by atoms with Gasteiger partial charge >= 0.3 is 0 Å². The molecule has 3 aromatic carbocycles. The lowest BCUT2D eigenvalue weighted by molar-refractivity contribution is 0.343. The Balaban J connectivity index is 1.65. The van der Waals surface area contributed by atoms with E-state index in [9.17, 15) is 0 Å². The summed E-state index contributed by atoms with van der Waals surface area (Å²) in [5.41, 5.74) is 4.20. The first kappa shape index (κ1) is 20.9. The summed E-state index contributed by atoms with van der Waals surface area (Å²) in [6.45, 7) is 2.08. The van der Waals surface area contributed by atoms with Gasteiger partial charge in [0.05, 0.1) is 0 Å². The third-order valence-corrected chi connectivity index (χ3v) is 6.89. The van der Waals surface area contributed by atoms with Crippen molar-refractivity contribution in [1.82, 2.24) is 9.88 Å². The van der Waals surface area contributed by atoms with Crippen molar-refractivity contribution in [1.29, 1.82) is 0 Å². The third-order valence-electron chi connectivity index (χ3n) is 5.64. The van der Waals surface area contributed by atoms with Crippen LogP contribution in [0, 0.1) is 0 Å². The van der Waals surface area contributed by atoms with Gasteiger partial charge < -0.3 is 4.90 Å². The van der Waals surface area contributed by atoms with E-state index in [2.05, 4.69) is 47.4 Å². The summed E-state index contributed by atoms with van der Waals surface area (Å²) in [6, 6.07) is 28.7. The second kappa shape index (κ2) is 9.68. The summed E-state index contributed by atoms with van der Waals surface area (Å²) < 4.78 is 0. The molecule has 0 N–H and O–H groups in total. The molecule has 0 unspecified atom stereocenters. The minimum absolute atomic E-state index is 0.725. The Bertz CT molecular complexity index is 1190. The number of thiazole rings is 1. The van der Waals surface area contributed by atoms with Crippen molar-refractivity contribution in [3.63, 3.8) is 0 Å². The summed E-state index contributed by atoms with van der Waals surface area (Å²) in [7, 11) is 0. The predicted molar refractivity (Wildman–Crippen MR) is 136 cm³/mol. The molecule has 0 aliphatic carbocycles. The Labute approximate surface area is 198 Å². The highest BCUT2D eigenvalue weighted by Crippen LogP contribution is 2.40. The zero-order valence-electron chi connectivity index (χ0n) is 17.7. The highest BCUT2D eigenvalue weighted by atomic mass is 35.5. The molecule has 1 aromatic heterocycles. The molecule has 0 radical (unpaired) electrons. The van der Waals surface area contributed by atoms with Crippen LogP contribution < -0.4 is 0 Å². The zero-order valence-corrected chi connectivity index (χ0v) is 19.3. The summed E-state index contributed by atoms with van der Waals surface area (Å²) >= 11 is 7.74. The number of amidine groups is 1. The maximum atomic E-state index is 6.11. The Kier molecular flexibility index (Phi) is 6.33. The van der Waals surface area contributed by atoms with E-state index >= 15 is 0 Å². The lowest BCUT2D eigenvalue weighted by Crippen LogP contribution is -2.36. The molecule has 3 nitrogen and oxygen atoms in total. The molecule has 160 valence electrons. The van der Waals surface area contributed by atoms with Gasteiger partial charge in [0.25, 0.3) is 0 Å². The molecule has 4 aromatic rings. The van der Waals surface area contributed by atoms with Crippen LogP contribution in [0.3, 0.4) is 0 Å². The van der Waals surface area contributed by atoms with Crippen LogP contribution in [0.25, 0.3) is 21.8 Å². The van der Waals surface area contributed by atoms with Gasteiger partial charge in [-0.05, 0) is 31.4 Å². The average Bonchev–Trinajstić information content (AvgIpc) is 3.28. The normalized spacial score (nSPS) is 14.5. The van der Waals surface area contributed by atoms with Crippen LogP contribution >= 0.6 is 22.9 Å². The number of halogens is 1. The summed E-state index contributed by atoms with van der Waals surface area (Å²) in [5, 5.41) is 2.61. The predicted octanol–water partition coefficient (Wildman–Crippen LogP) is 7.69. The molecular formula is C27H24ClN3S. The Morgan fingerprint density at radius 1 is 0.781 bits per heavy atom. The van der Waals surface area contributed by atoms with Crippen molar-refractivity contribution in [2.24, 2.45) is 4.99 Å². The van der Waals surface area contributed by atoms with Gasteiger partial charge in [0.2, 0.25) is 0 Å². The molecule has 0 amide bonds. The molecule has 0 atom stereocenters. The van der Waals surface area contributed by atoms with Crippen LogP contribution in [0.1, 0.15) is 24.8 Å². The van der Waals surface area contributed by atoms with E-state index in [1.165, 1.54) is 19.3 Å². The van der Waals surface area contributed by atoms with Gasteiger partial charge in [0, 0.05) is 34.8 Å². The summed E-state index contributed by atoms with van der Waals surface area (Å²) in [5.74, 6) is 1.04. The van der Waals surface area contributed by atoms with Crippen LogP contribution in [0.2, 0.25) is 5.02 Å². The zero-order chi connectivity index (χ0) is 21.8. The summed E-state index contributed by atoms with van der Waals surface area (Å²) in [4.78, 5) is 12.7. The van der Waals surface area contributed by atoms with Crippen LogP contribution in [-0.4, -0.2) is 28.8 Å². The fourth-order valence-electron chi connectivity index (χ4n) is 3.99. The monoisotopic (exact) mass is 457 g/mol. The highest BCUT2D eigenvalue weighted by molar-refractivity contribution is 7.19. The number of hydrogen-bond acceptors (Lipinski definition) is 3. The lowest BCUT2D eigenvalue weighted by atomic mass is 10.1. The first-order chi connectivity index (χ1) is 15.8. The van der Waals surface area contributed by atoms with Crippen molar-refractivity contribution < 1.29 is 0 Å². The number of nitrogens with zero attached hydrogens (tertiary/aromatic N) is 3. The van der Waals surface area contributed by atoms with E-state index in [-0.39, 0.29) is 0 Å². The molecular weight excluding hydrogens is 434 g/mol. The standard InChI is InChI=1S/C27H24ClN3S/c28-23-16-14-22(15-17-23)26-29-24(20-10-4-1-5-11-20)27(32-26)30-25(21-12-6-2-7-13-21)31-18-8-3-9-19-31/h1-2,4-7,10-17H,3,8-9,18-19H2/b30-25-. The fourth-order valence-corrected chi connectivity index (χ4v) is 5.09. The van der Waals surface area contributed by atoms with Gasteiger partial charge in [-0.2, -0.15) is 0 Å². The number of hydrogen-bond donors (Lipinski definition) is 0. The van der Waals surface area contributed by atoms with Crippen molar-refractivity contribution in [2.75, 3.05) is 13.1 Å². The van der Waals surface area contributed by atoms with Crippen LogP contribution in [0.15, 0.2) is 89.9 Å². The molecule has 1 fully saturated rings. The van der Waals surface area contributed by atoms with Gasteiger partial charge in [-0.25, -0.2) is 9.98 Å². The Hall–Kier alpha value is -2.95. The van der Waals surface area contributed by atoms with Crippen molar-refractivity contribution in [2.45, 2.75) is 19.3 Å². The smallest absolute Gasteiger partial charge is 0.146 e. The lowest BCUT2D eigenvalue weighted by Gasteiger charge is -2.30. The van der Waals surface area contributed by atoms with E-state index in [1.807, 2.05) is 42.5 Å². The number of aliphatic imine (C=N–C) groups is 1. The van der Waals surface area contributed by atoms with Gasteiger partial charge in [-0.3, -0.25) is 0 Å². The van der Waals surface area contributed by atoms with Gasteiger partial charge in [0.1, 0.15) is 21.5 Å². The molecule has 0 bridgehead atoms. The van der Waals surface area contributed by atoms with Gasteiger partial charge in [0.15, 0.2) is 0 Å². The second-order valence-electron chi connectivity index (χ2n) is 7.89. The van der Waals surface area contributed by atoms with E-state index in [4.69, 9.17) is 21.6 Å². The number of aromatic nitrogens is 1. The van der Waals surface area contributed by atoms with Crippen LogP contribution in [-0.2, 0) is 0 Å². The molecule has 2 heterocycles. The number of benzene rings is 3. The first-order valence-corrected chi connectivity index (χ1v) is 12.2. The maximum absolute atomic E-state index is 6.11. The van der Waals surface area contributed by atoms with E-state index in [0.717, 1.165) is 56.3 Å². The first-order valence-electron chi connectivity index (χ1n) is 11.0. The molecule has 1 aliphatic heterocycles. The SMILES string of the molecule is Clc1ccc(-c2nc(-c3ccccc3)c(/N=C(/c3ccccc3)N3CCCCC3)s2)cc1. The molecule has 5 rings (SSSR count). The topological polar surface area (TPSA) is 28.5 Å². The van der Waals surface area contributed by atoms with Crippen molar-refractivity contribution >= 4 is 33.8 Å². The largest absolute Gasteiger partial charge is 0.356 e. The average molecular weight is 458 g/mol. The fraction of sp³-hybridized carbons (Fsp3) is 0.185. The van der Waals surface area contributed by atoms with Crippen molar-refractivity contribution in [3.8, 4) is 21.8 Å².